The van der Waals surface area contributed by atoms with Gasteiger partial charge in [0, 0.05) is 22.3 Å². The van der Waals surface area contributed by atoms with E-state index in [1.165, 1.54) is 60.9 Å². The van der Waals surface area contributed by atoms with E-state index in [9.17, 15) is 0 Å². The lowest BCUT2D eigenvalue weighted by atomic mass is 10.0. The number of quaternary nitrogens is 1. The maximum Gasteiger partial charge on any atom is 0.346 e. The second-order valence-corrected chi connectivity index (χ2v) is 8.37. The Morgan fingerprint density at radius 3 is 1.72 bits per heavy atom. The molecule has 0 saturated carbocycles. The van der Waals surface area contributed by atoms with Gasteiger partial charge in [0.15, 0.2) is 11.9 Å². The molecule has 1 aliphatic heterocycles. The summed E-state index contributed by atoms with van der Waals surface area (Å²) in [5, 5.41) is 0. The van der Waals surface area contributed by atoms with Crippen molar-refractivity contribution in [3.8, 4) is 0 Å². The molecule has 0 saturated heterocycles. The Kier molecular flexibility index (Phi) is 4.97. The van der Waals surface area contributed by atoms with Gasteiger partial charge in [-0.25, -0.2) is 0 Å². The van der Waals surface area contributed by atoms with Gasteiger partial charge in [0.05, 0.1) is 5.56 Å². The van der Waals surface area contributed by atoms with Crippen molar-refractivity contribution in [1.29, 1.82) is 0 Å². The summed E-state index contributed by atoms with van der Waals surface area (Å²) in [7, 11) is 0. The predicted molar refractivity (Wildman–Crippen MR) is 122 cm³/mol. The average Bonchev–Trinajstić information content (AvgIpc) is 3.05. The van der Waals surface area contributed by atoms with Gasteiger partial charge in [0.25, 0.3) is 5.70 Å². The molecule has 3 aromatic carbocycles. The highest BCUT2D eigenvalue weighted by atomic mass is 15.3. The molecule has 0 aromatic heterocycles. The van der Waals surface area contributed by atoms with E-state index in [2.05, 4.69) is 113 Å². The van der Waals surface area contributed by atoms with Crippen molar-refractivity contribution in [2.75, 3.05) is 0 Å². The Labute approximate surface area is 174 Å². The van der Waals surface area contributed by atoms with Gasteiger partial charge in [0.2, 0.25) is 5.69 Å². The molecule has 1 aliphatic rings. The number of nitrogens with one attached hydrogen (secondary N) is 1. The van der Waals surface area contributed by atoms with Crippen molar-refractivity contribution < 1.29 is 9.48 Å². The summed E-state index contributed by atoms with van der Waals surface area (Å²) in [4.78, 5) is 1.28. The van der Waals surface area contributed by atoms with Gasteiger partial charge >= 0.3 is 6.34 Å². The first-order chi connectivity index (χ1) is 13.8. The molecule has 2 heteroatoms. The molecule has 2 nitrogen and oxygen atoms in total. The first kappa shape index (κ1) is 19.4. The van der Waals surface area contributed by atoms with Crippen LogP contribution in [0.15, 0.2) is 60.8 Å². The van der Waals surface area contributed by atoms with Crippen LogP contribution in [0.5, 0.6) is 0 Å². The van der Waals surface area contributed by atoms with E-state index in [0.29, 0.717) is 0 Å². The predicted octanol–water partition coefficient (Wildman–Crippen LogP) is 5.44. The van der Waals surface area contributed by atoms with Crippen molar-refractivity contribution in [1.82, 2.24) is 0 Å². The zero-order chi connectivity index (χ0) is 20.7. The number of rotatable bonds is 3. The van der Waals surface area contributed by atoms with Crippen molar-refractivity contribution in [3.63, 3.8) is 0 Å². The molecule has 4 rings (SSSR count). The Morgan fingerprint density at radius 2 is 1.17 bits per heavy atom. The summed E-state index contributed by atoms with van der Waals surface area (Å²) in [6.45, 7) is 13.2. The minimum absolute atomic E-state index is 1.23. The van der Waals surface area contributed by atoms with Crippen LogP contribution >= 0.6 is 0 Å². The SMILES string of the molecule is Cc1cc(C)c([N+]2=C[NH+](c3c(C)cc(C)cc3C)C=C2c2ccccc2)c(C)c1. The molecule has 1 atom stereocenters. The molecule has 1 N–H and O–H groups in total. The second-order valence-electron chi connectivity index (χ2n) is 8.37. The minimum Gasteiger partial charge on any atom is -0.189 e. The smallest absolute Gasteiger partial charge is 0.189 e. The second kappa shape index (κ2) is 7.46. The Morgan fingerprint density at radius 1 is 0.655 bits per heavy atom. The van der Waals surface area contributed by atoms with Crippen LogP contribution in [0.3, 0.4) is 0 Å². The highest BCUT2D eigenvalue weighted by Crippen LogP contribution is 2.31. The van der Waals surface area contributed by atoms with Gasteiger partial charge in [-0.15, -0.1) is 4.58 Å². The van der Waals surface area contributed by atoms with E-state index in [0.717, 1.165) is 0 Å². The molecule has 0 radical (unpaired) electrons. The van der Waals surface area contributed by atoms with Gasteiger partial charge in [-0.05, 0) is 65.8 Å². The lowest BCUT2D eigenvalue weighted by Crippen LogP contribution is -3.01. The number of hydrogen-bond acceptors (Lipinski definition) is 0. The third kappa shape index (κ3) is 3.56. The van der Waals surface area contributed by atoms with Crippen molar-refractivity contribution in [2.24, 2.45) is 0 Å². The molecule has 1 unspecified atom stereocenters. The van der Waals surface area contributed by atoms with Crippen LogP contribution < -0.4 is 4.90 Å². The lowest BCUT2D eigenvalue weighted by molar-refractivity contribution is -0.669. The maximum atomic E-state index is 2.38. The normalized spacial score (nSPS) is 16.0. The van der Waals surface area contributed by atoms with Crippen LogP contribution in [0.2, 0.25) is 0 Å². The molecule has 0 aliphatic carbocycles. The summed E-state index contributed by atoms with van der Waals surface area (Å²) in [6.07, 6.45) is 4.66. The fourth-order valence-electron chi connectivity index (χ4n) is 4.80. The lowest BCUT2D eigenvalue weighted by Gasteiger charge is -2.10. The summed E-state index contributed by atoms with van der Waals surface area (Å²) in [6, 6.07) is 19.8. The Hall–Kier alpha value is -2.97. The van der Waals surface area contributed by atoms with Gasteiger partial charge in [-0.3, -0.25) is 0 Å². The van der Waals surface area contributed by atoms with E-state index >= 15 is 0 Å². The number of aryl methyl sites for hydroxylation is 6. The van der Waals surface area contributed by atoms with Crippen LogP contribution in [0.4, 0.5) is 11.4 Å². The van der Waals surface area contributed by atoms with Gasteiger partial charge in [-0.1, -0.05) is 41.5 Å². The summed E-state index contributed by atoms with van der Waals surface area (Å²) in [5.74, 6) is 0. The fraction of sp³-hybridized carbons (Fsp3) is 0.222. The zero-order valence-corrected chi connectivity index (χ0v) is 18.3. The minimum atomic E-state index is 1.23. The van der Waals surface area contributed by atoms with Crippen molar-refractivity contribution >= 4 is 23.4 Å². The largest absolute Gasteiger partial charge is 0.346 e. The molecule has 0 bridgehead atoms. The fourth-order valence-corrected chi connectivity index (χ4v) is 4.80. The van der Waals surface area contributed by atoms with E-state index in [-0.39, 0.29) is 0 Å². The van der Waals surface area contributed by atoms with E-state index in [1.54, 1.807) is 0 Å². The summed E-state index contributed by atoms with van der Waals surface area (Å²) in [5.41, 5.74) is 13.0. The summed E-state index contributed by atoms with van der Waals surface area (Å²) < 4.78 is 2.38. The quantitative estimate of drug-likeness (QED) is 0.577. The van der Waals surface area contributed by atoms with Crippen LogP contribution in [-0.2, 0) is 0 Å². The van der Waals surface area contributed by atoms with E-state index in [1.807, 2.05) is 0 Å². The molecular weight excluding hydrogens is 352 g/mol. The third-order valence-corrected chi connectivity index (χ3v) is 5.73. The molecule has 1 heterocycles. The van der Waals surface area contributed by atoms with Gasteiger partial charge < -0.3 is 0 Å². The number of benzene rings is 3. The molecule has 0 fully saturated rings. The molecule has 146 valence electrons. The Bertz CT molecular complexity index is 1100. The topological polar surface area (TPSA) is 7.45 Å². The monoisotopic (exact) mass is 382 g/mol. The molecule has 0 amide bonds. The van der Waals surface area contributed by atoms with Gasteiger partial charge in [-0.2, -0.15) is 4.90 Å². The highest BCUT2D eigenvalue weighted by Gasteiger charge is 2.35. The van der Waals surface area contributed by atoms with Crippen LogP contribution in [0.25, 0.3) is 5.70 Å². The highest BCUT2D eigenvalue weighted by molar-refractivity contribution is 5.71. The van der Waals surface area contributed by atoms with Gasteiger partial charge in [0.1, 0.15) is 0 Å². The molecule has 3 aromatic rings. The van der Waals surface area contributed by atoms with Crippen LogP contribution in [0, 0.1) is 41.5 Å². The first-order valence-corrected chi connectivity index (χ1v) is 10.3. The first-order valence-electron chi connectivity index (χ1n) is 10.3. The average molecular weight is 383 g/mol. The number of hydrogen-bond donors (Lipinski definition) is 1. The zero-order valence-electron chi connectivity index (χ0n) is 18.3. The summed E-state index contributed by atoms with van der Waals surface area (Å²) >= 11 is 0. The van der Waals surface area contributed by atoms with Crippen molar-refractivity contribution in [3.05, 3.63) is 99.7 Å². The van der Waals surface area contributed by atoms with E-state index in [4.69, 9.17) is 0 Å². The standard InChI is InChI=1S/C27H29N2/c1-18-12-20(3)26(21(4)13-18)28-16-25(24-10-8-7-9-11-24)29(17-28)27-22(5)14-19(2)15-23(27)6/h7-17H,1-6H3/q+1/p+1. The van der Waals surface area contributed by atoms with Crippen LogP contribution in [-0.4, -0.2) is 10.9 Å². The number of nitrogens with zero attached hydrogens (tertiary/aromatic N) is 1. The molecular formula is C27H30N2+2. The van der Waals surface area contributed by atoms with E-state index < -0.39 is 0 Å². The third-order valence-electron chi connectivity index (χ3n) is 5.73. The maximum absolute atomic E-state index is 2.38. The Balaban J connectivity index is 1.94. The van der Waals surface area contributed by atoms with Crippen molar-refractivity contribution in [2.45, 2.75) is 41.5 Å². The molecule has 0 spiro atoms. The van der Waals surface area contributed by atoms with Crippen LogP contribution in [0.1, 0.15) is 38.9 Å². The molecule has 29 heavy (non-hydrogen) atoms.